The average molecular weight is 512 g/mol. The summed E-state index contributed by atoms with van der Waals surface area (Å²) in [6.45, 7) is 9.82. The predicted molar refractivity (Wildman–Crippen MR) is 148 cm³/mol. The van der Waals surface area contributed by atoms with Crippen LogP contribution in [0.5, 0.6) is 0 Å². The molecular weight excluding hydrogens is 478 g/mol. The third kappa shape index (κ3) is 4.79. The van der Waals surface area contributed by atoms with Crippen molar-refractivity contribution in [2.45, 2.75) is 32.7 Å². The number of piperazine rings is 1. The molecule has 1 unspecified atom stereocenters. The molecule has 1 fully saturated rings. The lowest BCUT2D eigenvalue weighted by Crippen LogP contribution is -2.44. The quantitative estimate of drug-likeness (QED) is 0.489. The lowest BCUT2D eigenvalue weighted by atomic mass is 9.91. The first-order chi connectivity index (χ1) is 18.2. The van der Waals surface area contributed by atoms with Crippen LogP contribution in [-0.4, -0.2) is 65.1 Å². The molecular formula is C30H33N5O3. The summed E-state index contributed by atoms with van der Waals surface area (Å²) in [5, 5.41) is 19.4. The first-order valence-electron chi connectivity index (χ1n) is 13.0. The summed E-state index contributed by atoms with van der Waals surface area (Å²) in [4.78, 5) is 33.2. The van der Waals surface area contributed by atoms with E-state index in [1.165, 1.54) is 4.90 Å². The SMILES string of the molecule is Cc1ccc(N2C(=O)C(O)=C(C(=O)c3ccc(C(C)C)cc3)C2c2ccc(N3CCN(C)CC3)cc2)nn1. The van der Waals surface area contributed by atoms with Gasteiger partial charge in [0.15, 0.2) is 17.4 Å². The third-order valence-corrected chi connectivity index (χ3v) is 7.40. The van der Waals surface area contributed by atoms with Crippen molar-refractivity contribution in [2.75, 3.05) is 43.0 Å². The van der Waals surface area contributed by atoms with Crippen LogP contribution in [0.15, 0.2) is 72.0 Å². The molecule has 38 heavy (non-hydrogen) atoms. The van der Waals surface area contributed by atoms with Gasteiger partial charge in [-0.2, -0.15) is 5.10 Å². The number of ketones is 1. The monoisotopic (exact) mass is 511 g/mol. The second-order valence-electron chi connectivity index (χ2n) is 10.4. The third-order valence-electron chi connectivity index (χ3n) is 7.40. The van der Waals surface area contributed by atoms with Crippen molar-refractivity contribution in [3.63, 3.8) is 0 Å². The van der Waals surface area contributed by atoms with Gasteiger partial charge in [0.1, 0.15) is 0 Å². The normalized spacial score (nSPS) is 18.6. The Bertz CT molecular complexity index is 1360. The van der Waals surface area contributed by atoms with E-state index in [-0.39, 0.29) is 17.2 Å². The van der Waals surface area contributed by atoms with Gasteiger partial charge >= 0.3 is 0 Å². The van der Waals surface area contributed by atoms with Crippen LogP contribution in [0.1, 0.15) is 53.0 Å². The van der Waals surface area contributed by atoms with E-state index in [4.69, 9.17) is 0 Å². The summed E-state index contributed by atoms with van der Waals surface area (Å²) in [5.41, 5.74) is 4.06. The molecule has 0 aliphatic carbocycles. The minimum Gasteiger partial charge on any atom is -0.503 e. The number of nitrogens with zero attached hydrogens (tertiary/aromatic N) is 5. The molecule has 3 aromatic rings. The molecule has 0 radical (unpaired) electrons. The van der Waals surface area contributed by atoms with Gasteiger partial charge < -0.3 is 14.9 Å². The maximum atomic E-state index is 13.8. The fourth-order valence-electron chi connectivity index (χ4n) is 5.02. The van der Waals surface area contributed by atoms with E-state index >= 15 is 0 Å². The Hall–Kier alpha value is -4.04. The lowest BCUT2D eigenvalue weighted by Gasteiger charge is -2.34. The van der Waals surface area contributed by atoms with Crippen molar-refractivity contribution < 1.29 is 14.7 Å². The molecule has 1 N–H and O–H groups in total. The van der Waals surface area contributed by atoms with Crippen LogP contribution in [-0.2, 0) is 4.79 Å². The van der Waals surface area contributed by atoms with E-state index < -0.39 is 17.7 Å². The molecule has 1 saturated heterocycles. The lowest BCUT2D eigenvalue weighted by molar-refractivity contribution is -0.117. The van der Waals surface area contributed by atoms with Gasteiger partial charge in [0.2, 0.25) is 0 Å². The number of amides is 1. The molecule has 2 aliphatic rings. The van der Waals surface area contributed by atoms with E-state index in [1.807, 2.05) is 43.3 Å². The molecule has 1 aromatic heterocycles. The number of Topliss-reactive ketones (excluding diaryl/α,β-unsaturated/α-hetero) is 1. The number of aliphatic hydroxyl groups is 1. The summed E-state index contributed by atoms with van der Waals surface area (Å²) >= 11 is 0. The zero-order valence-electron chi connectivity index (χ0n) is 22.3. The highest BCUT2D eigenvalue weighted by Crippen LogP contribution is 2.41. The number of carbonyl (C=O) groups excluding carboxylic acids is 2. The smallest absolute Gasteiger partial charge is 0.295 e. The van der Waals surface area contributed by atoms with Crippen LogP contribution in [0.2, 0.25) is 0 Å². The number of hydrogen-bond donors (Lipinski definition) is 1. The Labute approximate surface area is 223 Å². The maximum absolute atomic E-state index is 13.8. The molecule has 0 spiro atoms. The summed E-state index contributed by atoms with van der Waals surface area (Å²) in [5.74, 6) is -1.01. The van der Waals surface area contributed by atoms with Gasteiger partial charge in [-0.15, -0.1) is 5.10 Å². The molecule has 8 heteroatoms. The average Bonchev–Trinajstić information content (AvgIpc) is 3.19. The Morgan fingerprint density at radius 1 is 0.921 bits per heavy atom. The molecule has 1 amide bonds. The Balaban J connectivity index is 1.54. The van der Waals surface area contributed by atoms with Crippen LogP contribution in [0.4, 0.5) is 11.5 Å². The van der Waals surface area contributed by atoms with Crippen molar-refractivity contribution >= 4 is 23.2 Å². The highest BCUT2D eigenvalue weighted by Gasteiger charge is 2.45. The standard InChI is InChI=1S/C30H33N5O3/c1-19(2)21-6-8-23(9-7-21)28(36)26-27(35(30(38)29(26)37)25-14-5-20(3)31-32-25)22-10-12-24(13-11-22)34-17-15-33(4)16-18-34/h5-14,19,27,37H,15-18H2,1-4H3. The van der Waals surface area contributed by atoms with Gasteiger partial charge in [0, 0.05) is 37.4 Å². The number of benzene rings is 2. The van der Waals surface area contributed by atoms with Crippen molar-refractivity contribution in [2.24, 2.45) is 0 Å². The minimum absolute atomic E-state index is 0.0435. The van der Waals surface area contributed by atoms with Crippen molar-refractivity contribution in [3.8, 4) is 0 Å². The van der Waals surface area contributed by atoms with Crippen molar-refractivity contribution in [1.82, 2.24) is 15.1 Å². The molecule has 1 atom stereocenters. The number of anilines is 2. The Morgan fingerprint density at radius 3 is 2.16 bits per heavy atom. The van der Waals surface area contributed by atoms with Crippen LogP contribution in [0, 0.1) is 6.92 Å². The summed E-state index contributed by atoms with van der Waals surface area (Å²) in [6.07, 6.45) is 0. The zero-order valence-corrected chi connectivity index (χ0v) is 22.3. The Kier molecular flexibility index (Phi) is 6.99. The fraction of sp³-hybridized carbons (Fsp3) is 0.333. The van der Waals surface area contributed by atoms with Crippen molar-refractivity contribution in [3.05, 3.63) is 94.4 Å². The first-order valence-corrected chi connectivity index (χ1v) is 13.0. The molecule has 0 bridgehead atoms. The molecule has 0 saturated carbocycles. The van der Waals surface area contributed by atoms with Gasteiger partial charge in [-0.3, -0.25) is 14.5 Å². The largest absolute Gasteiger partial charge is 0.503 e. The number of aromatic nitrogens is 2. The number of aliphatic hydroxyl groups excluding tert-OH is 1. The topological polar surface area (TPSA) is 89.9 Å². The number of hydrogen-bond acceptors (Lipinski definition) is 7. The first kappa shape index (κ1) is 25.6. The van der Waals surface area contributed by atoms with Crippen molar-refractivity contribution in [1.29, 1.82) is 0 Å². The van der Waals surface area contributed by atoms with Crippen LogP contribution in [0.25, 0.3) is 0 Å². The summed E-state index contributed by atoms with van der Waals surface area (Å²) < 4.78 is 0. The van der Waals surface area contributed by atoms with E-state index in [0.717, 1.165) is 37.4 Å². The number of carbonyl (C=O) groups is 2. The van der Waals surface area contributed by atoms with E-state index in [0.29, 0.717) is 22.7 Å². The maximum Gasteiger partial charge on any atom is 0.295 e. The molecule has 2 aromatic carbocycles. The van der Waals surface area contributed by atoms with Gasteiger partial charge in [0.05, 0.1) is 17.3 Å². The highest BCUT2D eigenvalue weighted by atomic mass is 16.3. The van der Waals surface area contributed by atoms with Crippen LogP contribution < -0.4 is 9.80 Å². The summed E-state index contributed by atoms with van der Waals surface area (Å²) in [6, 6.07) is 17.8. The zero-order chi connectivity index (χ0) is 27.0. The second kappa shape index (κ2) is 10.4. The van der Waals surface area contributed by atoms with E-state index in [1.54, 1.807) is 24.3 Å². The molecule has 3 heterocycles. The van der Waals surface area contributed by atoms with Gasteiger partial charge in [-0.05, 0) is 55.3 Å². The van der Waals surface area contributed by atoms with Gasteiger partial charge in [0.25, 0.3) is 5.91 Å². The number of rotatable bonds is 6. The Morgan fingerprint density at radius 2 is 1.58 bits per heavy atom. The van der Waals surface area contributed by atoms with E-state index in [2.05, 4.69) is 40.9 Å². The molecule has 196 valence electrons. The van der Waals surface area contributed by atoms with Gasteiger partial charge in [-0.1, -0.05) is 50.2 Å². The van der Waals surface area contributed by atoms with Gasteiger partial charge in [-0.25, -0.2) is 0 Å². The second-order valence-corrected chi connectivity index (χ2v) is 10.4. The number of likely N-dealkylation sites (N-methyl/N-ethyl adjacent to an activating group) is 1. The fourth-order valence-corrected chi connectivity index (χ4v) is 5.02. The molecule has 2 aliphatic heterocycles. The minimum atomic E-state index is -0.835. The summed E-state index contributed by atoms with van der Waals surface area (Å²) in [7, 11) is 2.12. The van der Waals surface area contributed by atoms with E-state index in [9.17, 15) is 14.7 Å². The molecule has 5 rings (SSSR count). The predicted octanol–water partition coefficient (Wildman–Crippen LogP) is 4.44. The van der Waals surface area contributed by atoms with Crippen LogP contribution >= 0.6 is 0 Å². The highest BCUT2D eigenvalue weighted by molar-refractivity contribution is 6.20. The number of aryl methyl sites for hydroxylation is 1. The van der Waals surface area contributed by atoms with Crippen LogP contribution in [0.3, 0.4) is 0 Å². The molecule has 8 nitrogen and oxygen atoms in total.